The van der Waals surface area contributed by atoms with Gasteiger partial charge in [0.2, 0.25) is 0 Å². The van der Waals surface area contributed by atoms with Crippen LogP contribution in [0.5, 0.6) is 0 Å². The van der Waals surface area contributed by atoms with Gasteiger partial charge >= 0.3 is 0 Å². The maximum Gasteiger partial charge on any atom is 0.0712 e. The molecule has 1 saturated carbocycles. The molecular formula is C14H21ClS. The highest BCUT2D eigenvalue weighted by atomic mass is 35.5. The molecule has 90 valence electrons. The monoisotopic (exact) mass is 256 g/mol. The van der Waals surface area contributed by atoms with Crippen molar-refractivity contribution in [1.82, 2.24) is 0 Å². The summed E-state index contributed by atoms with van der Waals surface area (Å²) in [4.78, 5) is 2.79. The Labute approximate surface area is 108 Å². The van der Waals surface area contributed by atoms with Gasteiger partial charge in [0.1, 0.15) is 0 Å². The first kappa shape index (κ1) is 12.4. The van der Waals surface area contributed by atoms with Gasteiger partial charge in [-0.1, -0.05) is 34.6 Å². The lowest BCUT2D eigenvalue weighted by molar-refractivity contribution is 0.551. The van der Waals surface area contributed by atoms with Gasteiger partial charge in [0, 0.05) is 9.75 Å². The zero-order valence-corrected chi connectivity index (χ0v) is 12.4. The van der Waals surface area contributed by atoms with Crippen molar-refractivity contribution in [1.29, 1.82) is 0 Å². The van der Waals surface area contributed by atoms with Crippen LogP contribution >= 0.6 is 22.9 Å². The molecule has 1 aliphatic rings. The standard InChI is InChI=1S/C14H21ClS/c1-13(2,3)11-7-6-10(16-11)12(15)9-8-14(9,4)5/h6-7,9,12H,8H2,1-5H3. The van der Waals surface area contributed by atoms with E-state index in [4.69, 9.17) is 11.6 Å². The van der Waals surface area contributed by atoms with Gasteiger partial charge in [0.15, 0.2) is 0 Å². The predicted octanol–water partition coefficient (Wildman–Crippen LogP) is 5.37. The largest absolute Gasteiger partial charge is 0.143 e. The van der Waals surface area contributed by atoms with E-state index in [1.165, 1.54) is 16.2 Å². The lowest BCUT2D eigenvalue weighted by Gasteiger charge is -2.15. The van der Waals surface area contributed by atoms with Gasteiger partial charge in [-0.05, 0) is 35.3 Å². The van der Waals surface area contributed by atoms with Crippen LogP contribution < -0.4 is 0 Å². The summed E-state index contributed by atoms with van der Waals surface area (Å²) in [5.41, 5.74) is 0.705. The molecule has 0 N–H and O–H groups in total. The zero-order chi connectivity index (χ0) is 12.1. The summed E-state index contributed by atoms with van der Waals surface area (Å²) in [7, 11) is 0. The van der Waals surface area contributed by atoms with Gasteiger partial charge in [-0.15, -0.1) is 22.9 Å². The minimum absolute atomic E-state index is 0.219. The Morgan fingerprint density at radius 1 is 1.38 bits per heavy atom. The summed E-state index contributed by atoms with van der Waals surface area (Å²) in [5.74, 6) is 0.667. The summed E-state index contributed by atoms with van der Waals surface area (Å²) in [6, 6.07) is 4.46. The Morgan fingerprint density at radius 2 is 1.94 bits per heavy atom. The van der Waals surface area contributed by atoms with Crippen LogP contribution in [-0.4, -0.2) is 0 Å². The molecule has 16 heavy (non-hydrogen) atoms. The van der Waals surface area contributed by atoms with Crippen molar-refractivity contribution in [3.8, 4) is 0 Å². The first-order chi connectivity index (χ1) is 7.22. The van der Waals surface area contributed by atoms with E-state index in [1.807, 2.05) is 11.3 Å². The van der Waals surface area contributed by atoms with Crippen molar-refractivity contribution in [3.63, 3.8) is 0 Å². The molecule has 1 aliphatic carbocycles. The topological polar surface area (TPSA) is 0 Å². The van der Waals surface area contributed by atoms with E-state index in [2.05, 4.69) is 46.8 Å². The summed E-state index contributed by atoms with van der Waals surface area (Å²) in [6.45, 7) is 11.4. The minimum Gasteiger partial charge on any atom is -0.143 e. The molecule has 1 heterocycles. The number of alkyl halides is 1. The van der Waals surface area contributed by atoms with Crippen LogP contribution in [0.15, 0.2) is 12.1 Å². The molecule has 2 atom stereocenters. The highest BCUT2D eigenvalue weighted by Gasteiger charge is 2.50. The van der Waals surface area contributed by atoms with Gasteiger partial charge in [-0.2, -0.15) is 0 Å². The third kappa shape index (κ3) is 2.31. The molecule has 1 aromatic heterocycles. The van der Waals surface area contributed by atoms with Gasteiger partial charge < -0.3 is 0 Å². The second-order valence-electron chi connectivity index (χ2n) is 6.65. The van der Waals surface area contributed by atoms with Crippen molar-refractivity contribution in [2.24, 2.45) is 11.3 Å². The quantitative estimate of drug-likeness (QED) is 0.624. The van der Waals surface area contributed by atoms with Gasteiger partial charge in [0.25, 0.3) is 0 Å². The molecule has 0 nitrogen and oxygen atoms in total. The van der Waals surface area contributed by atoms with Gasteiger partial charge in [0.05, 0.1) is 5.38 Å². The molecule has 0 aliphatic heterocycles. The van der Waals surface area contributed by atoms with E-state index in [9.17, 15) is 0 Å². The molecule has 0 bridgehead atoms. The summed E-state index contributed by atoms with van der Waals surface area (Å²) in [5, 5.41) is 0.219. The predicted molar refractivity (Wildman–Crippen MR) is 73.5 cm³/mol. The van der Waals surface area contributed by atoms with E-state index < -0.39 is 0 Å². The highest BCUT2D eigenvalue weighted by Crippen LogP contribution is 2.60. The molecule has 2 heteroatoms. The van der Waals surface area contributed by atoms with Crippen LogP contribution in [0.4, 0.5) is 0 Å². The Balaban J connectivity index is 2.14. The Hall–Kier alpha value is -0.0100. The van der Waals surface area contributed by atoms with E-state index in [0.717, 1.165) is 0 Å². The average Bonchev–Trinajstić information content (AvgIpc) is 2.65. The number of halogens is 1. The van der Waals surface area contributed by atoms with Crippen LogP contribution in [0.25, 0.3) is 0 Å². The normalized spacial score (nSPS) is 25.5. The molecule has 0 amide bonds. The first-order valence-electron chi connectivity index (χ1n) is 5.96. The fourth-order valence-electron chi connectivity index (χ4n) is 2.11. The molecule has 0 spiro atoms. The third-order valence-corrected chi connectivity index (χ3v) is 5.84. The number of hydrogen-bond acceptors (Lipinski definition) is 1. The number of thiophene rings is 1. The molecule has 0 saturated heterocycles. The summed E-state index contributed by atoms with van der Waals surface area (Å²) in [6.07, 6.45) is 1.27. The average molecular weight is 257 g/mol. The Kier molecular flexibility index (Phi) is 2.91. The van der Waals surface area contributed by atoms with Crippen LogP contribution in [0, 0.1) is 11.3 Å². The van der Waals surface area contributed by atoms with E-state index >= 15 is 0 Å². The molecule has 2 unspecified atom stereocenters. The summed E-state index contributed by atoms with van der Waals surface area (Å²) >= 11 is 8.45. The van der Waals surface area contributed by atoms with Crippen LogP contribution in [0.2, 0.25) is 0 Å². The summed E-state index contributed by atoms with van der Waals surface area (Å²) < 4.78 is 0. The fraction of sp³-hybridized carbons (Fsp3) is 0.714. The number of rotatable bonds is 2. The lowest BCUT2D eigenvalue weighted by Crippen LogP contribution is -2.07. The van der Waals surface area contributed by atoms with Crippen molar-refractivity contribution in [3.05, 3.63) is 21.9 Å². The van der Waals surface area contributed by atoms with Crippen LogP contribution in [0.3, 0.4) is 0 Å². The molecular weight excluding hydrogens is 236 g/mol. The van der Waals surface area contributed by atoms with Gasteiger partial charge in [-0.3, -0.25) is 0 Å². The highest BCUT2D eigenvalue weighted by molar-refractivity contribution is 7.12. The number of hydrogen-bond donors (Lipinski definition) is 0. The maximum atomic E-state index is 6.56. The minimum atomic E-state index is 0.219. The third-order valence-electron chi connectivity index (χ3n) is 3.58. The Morgan fingerprint density at radius 3 is 2.31 bits per heavy atom. The zero-order valence-electron chi connectivity index (χ0n) is 10.8. The molecule has 0 aromatic carbocycles. The van der Waals surface area contributed by atoms with Crippen LogP contribution in [-0.2, 0) is 5.41 Å². The smallest absolute Gasteiger partial charge is 0.0712 e. The Bertz CT molecular complexity index is 384. The van der Waals surface area contributed by atoms with E-state index in [-0.39, 0.29) is 10.8 Å². The SMILES string of the molecule is CC(C)(C)c1ccc(C(Cl)C2CC2(C)C)s1. The second kappa shape index (κ2) is 3.74. The second-order valence-corrected chi connectivity index (χ2v) is 8.24. The van der Waals surface area contributed by atoms with Crippen LogP contribution in [0.1, 0.15) is 56.2 Å². The van der Waals surface area contributed by atoms with Crippen molar-refractivity contribution >= 4 is 22.9 Å². The lowest BCUT2D eigenvalue weighted by atomic mass is 9.95. The van der Waals surface area contributed by atoms with Gasteiger partial charge in [-0.25, -0.2) is 0 Å². The van der Waals surface area contributed by atoms with E-state index in [1.54, 1.807) is 0 Å². The molecule has 1 fully saturated rings. The van der Waals surface area contributed by atoms with Crippen molar-refractivity contribution < 1.29 is 0 Å². The molecule has 2 rings (SSSR count). The maximum absolute atomic E-state index is 6.56. The van der Waals surface area contributed by atoms with Crippen molar-refractivity contribution in [2.45, 2.75) is 51.8 Å². The molecule has 1 aromatic rings. The van der Waals surface area contributed by atoms with E-state index in [0.29, 0.717) is 11.3 Å². The fourth-order valence-corrected chi connectivity index (χ4v) is 3.86. The molecule has 0 radical (unpaired) electrons. The first-order valence-corrected chi connectivity index (χ1v) is 7.21. The van der Waals surface area contributed by atoms with Crippen molar-refractivity contribution in [2.75, 3.05) is 0 Å².